The third-order valence-electron chi connectivity index (χ3n) is 5.07. The topological polar surface area (TPSA) is 164 Å². The number of nitrogens with one attached hydrogen (secondary N) is 1. The van der Waals surface area contributed by atoms with Gasteiger partial charge in [-0.05, 0) is 12.1 Å². The first kappa shape index (κ1) is 25.1. The number of amides is 1. The highest BCUT2D eigenvalue weighted by Crippen LogP contribution is 2.26. The van der Waals surface area contributed by atoms with Crippen LogP contribution < -0.4 is 33.6 Å². The van der Waals surface area contributed by atoms with Crippen molar-refractivity contribution in [3.05, 3.63) is 85.3 Å². The van der Waals surface area contributed by atoms with Gasteiger partial charge in [-0.25, -0.2) is 17.9 Å². The zero-order valence-electron chi connectivity index (χ0n) is 18.5. The van der Waals surface area contributed by atoms with E-state index in [4.69, 9.17) is 17.2 Å². The van der Waals surface area contributed by atoms with Crippen molar-refractivity contribution >= 4 is 29.2 Å². The number of alkyl halides is 2. The summed E-state index contributed by atoms with van der Waals surface area (Å²) < 4.78 is 42.5. The van der Waals surface area contributed by atoms with Crippen LogP contribution in [0.4, 0.5) is 24.7 Å². The molecule has 0 radical (unpaired) electrons. The summed E-state index contributed by atoms with van der Waals surface area (Å²) in [5.41, 5.74) is 15.3. The molecule has 0 aliphatic carbocycles. The molecule has 184 valence electrons. The Balaban J connectivity index is 2.00. The van der Waals surface area contributed by atoms with Crippen molar-refractivity contribution in [2.75, 3.05) is 11.1 Å². The van der Waals surface area contributed by atoms with Crippen LogP contribution in [-0.4, -0.2) is 20.3 Å². The SMILES string of the molecule is Cn1nc(NCc2cccc(C(F)F)c2F)c(/C=C(\N)c2ccn(CC(N)=O)c(=O)c2)c(N)c1=O. The van der Waals surface area contributed by atoms with Crippen LogP contribution in [0.1, 0.15) is 28.7 Å². The summed E-state index contributed by atoms with van der Waals surface area (Å²) in [7, 11) is 1.34. The normalized spacial score (nSPS) is 11.6. The number of rotatable bonds is 8. The number of carbonyl (C=O) groups excluding carboxylic acids is 1. The Morgan fingerprint density at radius 3 is 2.57 bits per heavy atom. The number of aryl methyl sites for hydroxylation is 1. The third-order valence-corrected chi connectivity index (χ3v) is 5.07. The highest BCUT2D eigenvalue weighted by atomic mass is 19.3. The second-order valence-corrected chi connectivity index (χ2v) is 7.53. The lowest BCUT2D eigenvalue weighted by atomic mass is 10.1. The number of primary amides is 1. The Morgan fingerprint density at radius 1 is 1.23 bits per heavy atom. The van der Waals surface area contributed by atoms with E-state index in [1.165, 1.54) is 37.5 Å². The molecule has 0 aliphatic rings. The Morgan fingerprint density at radius 2 is 1.94 bits per heavy atom. The van der Waals surface area contributed by atoms with Gasteiger partial charge in [0, 0.05) is 48.2 Å². The fraction of sp³-hybridized carbons (Fsp3) is 0.182. The van der Waals surface area contributed by atoms with Gasteiger partial charge in [-0.2, -0.15) is 5.10 Å². The molecule has 1 aromatic carbocycles. The van der Waals surface area contributed by atoms with E-state index in [1.54, 1.807) is 0 Å². The summed E-state index contributed by atoms with van der Waals surface area (Å²) in [6.07, 6.45) is -0.365. The van der Waals surface area contributed by atoms with Crippen molar-refractivity contribution in [2.24, 2.45) is 18.5 Å². The molecule has 2 heterocycles. The molecule has 10 nitrogen and oxygen atoms in total. The van der Waals surface area contributed by atoms with E-state index in [0.29, 0.717) is 0 Å². The number of halogens is 3. The molecule has 0 atom stereocenters. The zero-order chi connectivity index (χ0) is 25.9. The minimum atomic E-state index is -2.99. The van der Waals surface area contributed by atoms with Crippen LogP contribution in [0.3, 0.4) is 0 Å². The summed E-state index contributed by atoms with van der Waals surface area (Å²) in [6, 6.07) is 6.23. The number of pyridine rings is 1. The number of carbonyl (C=O) groups is 1. The van der Waals surface area contributed by atoms with Crippen LogP contribution in [0.2, 0.25) is 0 Å². The quantitative estimate of drug-likeness (QED) is 0.369. The first-order valence-corrected chi connectivity index (χ1v) is 10.1. The van der Waals surface area contributed by atoms with Crippen molar-refractivity contribution in [1.29, 1.82) is 0 Å². The van der Waals surface area contributed by atoms with Crippen LogP contribution in [0.25, 0.3) is 11.8 Å². The lowest BCUT2D eigenvalue weighted by molar-refractivity contribution is -0.118. The Kier molecular flexibility index (Phi) is 7.28. The second kappa shape index (κ2) is 10.2. The maximum absolute atomic E-state index is 14.4. The minimum absolute atomic E-state index is 0.0245. The molecule has 0 unspecified atom stereocenters. The molecule has 2 aromatic heterocycles. The van der Waals surface area contributed by atoms with E-state index in [2.05, 4.69) is 10.4 Å². The first-order valence-electron chi connectivity index (χ1n) is 10.1. The number of anilines is 2. The van der Waals surface area contributed by atoms with Gasteiger partial charge in [-0.1, -0.05) is 18.2 Å². The largest absolute Gasteiger partial charge is 0.398 e. The van der Waals surface area contributed by atoms with Crippen molar-refractivity contribution in [2.45, 2.75) is 19.5 Å². The highest BCUT2D eigenvalue weighted by Gasteiger charge is 2.18. The number of hydrogen-bond acceptors (Lipinski definition) is 7. The monoisotopic (exact) mass is 489 g/mol. The van der Waals surface area contributed by atoms with Gasteiger partial charge < -0.3 is 27.1 Å². The number of nitrogens with zero attached hydrogens (tertiary/aromatic N) is 3. The molecule has 0 saturated heterocycles. The number of nitrogen functional groups attached to an aromatic ring is 1. The molecule has 3 aromatic rings. The Bertz CT molecular complexity index is 1430. The highest BCUT2D eigenvalue weighted by molar-refractivity contribution is 5.86. The predicted octanol–water partition coefficient (Wildman–Crippen LogP) is 1.16. The van der Waals surface area contributed by atoms with Crippen LogP contribution in [0.5, 0.6) is 0 Å². The molecular formula is C22H22F3N7O3. The third kappa shape index (κ3) is 5.51. The van der Waals surface area contributed by atoms with E-state index in [9.17, 15) is 27.6 Å². The molecular weight excluding hydrogens is 467 g/mol. The minimum Gasteiger partial charge on any atom is -0.398 e. The molecule has 13 heteroatoms. The standard InChI is InChI=1S/C22H22F3N7O3/c1-31-22(35)19(28)14(8-15(26)11-5-6-32(10-16(27)33)17(34)7-11)21(30-31)29-9-12-3-2-4-13(18(12)23)20(24)25/h2-8,20H,9-10,26,28H2,1H3,(H2,27,33)(H,29,30)/b15-8-. The fourth-order valence-electron chi connectivity index (χ4n) is 3.25. The van der Waals surface area contributed by atoms with Crippen molar-refractivity contribution in [3.63, 3.8) is 0 Å². The predicted molar refractivity (Wildman–Crippen MR) is 125 cm³/mol. The molecule has 0 fully saturated rings. The zero-order valence-corrected chi connectivity index (χ0v) is 18.5. The lowest BCUT2D eigenvalue weighted by Gasteiger charge is -2.14. The Hall–Kier alpha value is -4.55. The van der Waals surface area contributed by atoms with Gasteiger partial charge in [0.1, 0.15) is 18.0 Å². The van der Waals surface area contributed by atoms with Crippen LogP contribution in [-0.2, 0) is 24.9 Å². The molecule has 7 N–H and O–H groups in total. The van der Waals surface area contributed by atoms with Crippen molar-refractivity contribution in [3.8, 4) is 0 Å². The summed E-state index contributed by atoms with van der Waals surface area (Å²) in [6.45, 7) is -0.563. The van der Waals surface area contributed by atoms with E-state index >= 15 is 0 Å². The van der Waals surface area contributed by atoms with E-state index < -0.39 is 34.8 Å². The summed E-state index contributed by atoms with van der Waals surface area (Å²) in [4.78, 5) is 35.6. The summed E-state index contributed by atoms with van der Waals surface area (Å²) in [5, 5.41) is 6.86. The van der Waals surface area contributed by atoms with Gasteiger partial charge in [-0.15, -0.1) is 0 Å². The molecule has 0 aliphatic heterocycles. The molecule has 0 spiro atoms. The molecule has 3 rings (SSSR count). The van der Waals surface area contributed by atoms with E-state index in [1.807, 2.05) is 0 Å². The van der Waals surface area contributed by atoms with Crippen LogP contribution in [0, 0.1) is 5.82 Å². The molecule has 0 bridgehead atoms. The van der Waals surface area contributed by atoms with Gasteiger partial charge in [0.2, 0.25) is 5.91 Å². The maximum Gasteiger partial charge on any atom is 0.290 e. The number of benzene rings is 1. The molecule has 35 heavy (non-hydrogen) atoms. The van der Waals surface area contributed by atoms with Gasteiger partial charge >= 0.3 is 0 Å². The Labute approximate surface area is 196 Å². The summed E-state index contributed by atoms with van der Waals surface area (Å²) >= 11 is 0. The number of aromatic nitrogens is 3. The fourth-order valence-corrected chi connectivity index (χ4v) is 3.25. The number of hydrogen-bond donors (Lipinski definition) is 4. The van der Waals surface area contributed by atoms with Crippen molar-refractivity contribution < 1.29 is 18.0 Å². The average molecular weight is 489 g/mol. The molecule has 1 amide bonds. The van der Waals surface area contributed by atoms with Gasteiger partial charge in [0.25, 0.3) is 17.5 Å². The lowest BCUT2D eigenvalue weighted by Crippen LogP contribution is -2.27. The van der Waals surface area contributed by atoms with Crippen molar-refractivity contribution in [1.82, 2.24) is 14.3 Å². The van der Waals surface area contributed by atoms with Gasteiger partial charge in [-0.3, -0.25) is 14.4 Å². The molecule has 0 saturated carbocycles. The van der Waals surface area contributed by atoms with E-state index in [-0.39, 0.29) is 47.0 Å². The van der Waals surface area contributed by atoms with Gasteiger partial charge in [0.05, 0.1) is 5.56 Å². The summed E-state index contributed by atoms with van der Waals surface area (Å²) in [5.74, 6) is -1.74. The van der Waals surface area contributed by atoms with Crippen LogP contribution in [0.15, 0.2) is 46.1 Å². The van der Waals surface area contributed by atoms with Crippen LogP contribution >= 0.6 is 0 Å². The second-order valence-electron chi connectivity index (χ2n) is 7.53. The first-order chi connectivity index (χ1) is 16.5. The van der Waals surface area contributed by atoms with Gasteiger partial charge in [0.15, 0.2) is 5.82 Å². The van der Waals surface area contributed by atoms with E-state index in [0.717, 1.165) is 21.4 Å². The average Bonchev–Trinajstić information content (AvgIpc) is 2.79. The maximum atomic E-state index is 14.4. The number of nitrogens with two attached hydrogens (primary N) is 3. The smallest absolute Gasteiger partial charge is 0.290 e.